The maximum absolute atomic E-state index is 16.8. The van der Waals surface area contributed by atoms with Crippen LogP contribution < -0.4 is 14.9 Å². The lowest BCUT2D eigenvalue weighted by molar-refractivity contribution is -0.148. The number of amides is 3. The van der Waals surface area contributed by atoms with Crippen LogP contribution >= 0.6 is 18.9 Å². The minimum atomic E-state index is -4.48. The fourth-order valence-electron chi connectivity index (χ4n) is 10.0. The van der Waals surface area contributed by atoms with E-state index in [4.69, 9.17) is 14.0 Å². The molecule has 16 heteroatoms. The molecule has 2 aromatic heterocycles. The van der Waals surface area contributed by atoms with E-state index in [9.17, 15) is 23.7 Å². The van der Waals surface area contributed by atoms with Crippen molar-refractivity contribution in [3.8, 4) is 5.75 Å². The van der Waals surface area contributed by atoms with E-state index in [1.54, 1.807) is 53.6 Å². The Kier molecular flexibility index (Phi) is 12.7. The average Bonchev–Trinajstić information content (AvgIpc) is 3.58. The summed E-state index contributed by atoms with van der Waals surface area (Å²) in [6, 6.07) is 15.9. The summed E-state index contributed by atoms with van der Waals surface area (Å²) in [5.41, 5.74) is 1.01. The quantitative estimate of drug-likeness (QED) is 0.0994. The Morgan fingerprint density at radius 2 is 1.79 bits per heavy atom. The lowest BCUT2D eigenvalue weighted by atomic mass is 9.97. The molecule has 1 aliphatic carbocycles. The predicted octanol–water partition coefficient (Wildman–Crippen LogP) is 8.07. The molecule has 2 aromatic carbocycles. The number of halogens is 1. The summed E-state index contributed by atoms with van der Waals surface area (Å²) in [4.78, 5) is 64.5. The molecule has 5 aliphatic rings. The van der Waals surface area contributed by atoms with E-state index < -0.39 is 43.4 Å². The number of esters is 1. The average molecular weight is 900 g/mol. The molecular formula is C47H55FN5O8PS. The van der Waals surface area contributed by atoms with Gasteiger partial charge in [-0.05, 0) is 124 Å². The van der Waals surface area contributed by atoms with Gasteiger partial charge in [0.2, 0.25) is 17.7 Å². The van der Waals surface area contributed by atoms with E-state index in [1.165, 1.54) is 30.4 Å². The number of likely N-dealkylation sites (tertiary alicyclic amines) is 1. The molecule has 4 aromatic rings. The highest BCUT2D eigenvalue weighted by atomic mass is 32.1. The van der Waals surface area contributed by atoms with Gasteiger partial charge in [0.25, 0.3) is 5.91 Å². The molecule has 1 unspecified atom stereocenters. The summed E-state index contributed by atoms with van der Waals surface area (Å²) >= 11 is 1.20. The van der Waals surface area contributed by atoms with Gasteiger partial charge in [-0.3, -0.25) is 28.7 Å². The number of benzene rings is 2. The zero-order valence-electron chi connectivity index (χ0n) is 35.5. The van der Waals surface area contributed by atoms with Gasteiger partial charge < -0.3 is 29.1 Å². The number of rotatable bonds is 13. The third-order valence-electron chi connectivity index (χ3n) is 13.6. The molecule has 9 rings (SSSR count). The first-order chi connectivity index (χ1) is 30.5. The standard InChI is InChI=1S/C47H55FN5O8PS/c1-30(46(57)60-29-31-17-22-59-23-18-31)51-62(58,61-37-10-3-2-4-11-37)42(48)32-13-16-40-34(24-32)25-41(63-40)43(54)50-38-12-6-5-9-36-14-15-39(53(36)44(38)55)45(56)52-28-35(26-47(52)19-20-47)33-8-7-21-49-27-33/h2-4,7-8,10-11,13,16,21,24-25,27,30-31,35-36,38-39,42H,5-6,9,12,14-15,17-20,22-23,26,28-29H2,1H3,(H,50,54)(H,51,58)/t30-,35-,36-,38-,39-,42+,62?/m0/s1. The molecule has 63 heavy (non-hydrogen) atoms. The van der Waals surface area contributed by atoms with E-state index in [1.807, 2.05) is 12.3 Å². The number of ether oxygens (including phenoxy) is 2. The van der Waals surface area contributed by atoms with Crippen LogP contribution in [0.5, 0.6) is 5.75 Å². The summed E-state index contributed by atoms with van der Waals surface area (Å²) in [6.07, 6.45) is 12.3. The summed E-state index contributed by atoms with van der Waals surface area (Å²) in [7, 11) is -4.48. The topological polar surface area (TPSA) is 156 Å². The number of aromatic nitrogens is 1. The van der Waals surface area contributed by atoms with E-state index in [-0.39, 0.29) is 53.2 Å². The van der Waals surface area contributed by atoms with Gasteiger partial charge in [0.1, 0.15) is 23.9 Å². The van der Waals surface area contributed by atoms with Gasteiger partial charge in [-0.1, -0.05) is 43.2 Å². The number of para-hydroxylation sites is 1. The highest BCUT2D eigenvalue weighted by Gasteiger charge is 2.58. The smallest absolute Gasteiger partial charge is 0.355 e. The number of alkyl halides is 1. The summed E-state index contributed by atoms with van der Waals surface area (Å²) in [6.45, 7) is 3.45. The second-order valence-electron chi connectivity index (χ2n) is 17.9. The van der Waals surface area contributed by atoms with Gasteiger partial charge in [-0.2, -0.15) is 0 Å². The Morgan fingerprint density at radius 3 is 2.56 bits per heavy atom. The van der Waals surface area contributed by atoms with E-state index in [0.29, 0.717) is 47.6 Å². The van der Waals surface area contributed by atoms with Gasteiger partial charge in [0, 0.05) is 54.4 Å². The zero-order chi connectivity index (χ0) is 43.7. The lowest BCUT2D eigenvalue weighted by Gasteiger charge is -2.37. The largest absolute Gasteiger partial charge is 0.464 e. The third-order valence-corrected chi connectivity index (χ3v) is 16.9. The number of nitrogens with one attached hydrogen (secondary N) is 2. The zero-order valence-corrected chi connectivity index (χ0v) is 37.2. The van der Waals surface area contributed by atoms with Crippen LogP contribution in [0.4, 0.5) is 4.39 Å². The van der Waals surface area contributed by atoms with Crippen LogP contribution in [0.1, 0.15) is 110 Å². The summed E-state index contributed by atoms with van der Waals surface area (Å²) in [5, 5.41) is 6.21. The Balaban J connectivity index is 0.890. The van der Waals surface area contributed by atoms with Crippen LogP contribution in [0.2, 0.25) is 0 Å². The maximum atomic E-state index is 16.8. The number of hydrogen-bond donors (Lipinski definition) is 2. The van der Waals surface area contributed by atoms with Crippen molar-refractivity contribution in [2.45, 2.75) is 119 Å². The first kappa shape index (κ1) is 43.6. The van der Waals surface area contributed by atoms with Crippen molar-refractivity contribution in [2.24, 2.45) is 5.92 Å². The summed E-state index contributed by atoms with van der Waals surface area (Å²) < 4.78 is 48.7. The molecule has 1 saturated carbocycles. The van der Waals surface area contributed by atoms with Crippen LogP contribution in [0.25, 0.3) is 10.1 Å². The highest BCUT2D eigenvalue weighted by Crippen LogP contribution is 2.58. The van der Waals surface area contributed by atoms with Crippen LogP contribution in [-0.4, -0.2) is 94.5 Å². The molecule has 2 N–H and O–H groups in total. The van der Waals surface area contributed by atoms with Crippen molar-refractivity contribution >= 4 is 52.6 Å². The molecule has 4 saturated heterocycles. The Bertz CT molecular complexity index is 2360. The molecule has 5 fully saturated rings. The number of carbonyl (C=O) groups excluding carboxylic acids is 4. The molecular weight excluding hydrogens is 845 g/mol. The fourth-order valence-corrected chi connectivity index (χ4v) is 12.9. The Labute approximate surface area is 370 Å². The molecule has 3 amide bonds. The number of fused-ring (bicyclic) bond motifs is 2. The third kappa shape index (κ3) is 9.30. The number of carbonyl (C=O) groups is 4. The second-order valence-corrected chi connectivity index (χ2v) is 21.1. The normalized spacial score (nSPS) is 25.4. The van der Waals surface area contributed by atoms with Crippen molar-refractivity contribution in [1.82, 2.24) is 25.2 Å². The molecule has 0 bridgehead atoms. The van der Waals surface area contributed by atoms with E-state index in [2.05, 4.69) is 26.4 Å². The maximum Gasteiger partial charge on any atom is 0.355 e. The first-order valence-corrected chi connectivity index (χ1v) is 24.9. The van der Waals surface area contributed by atoms with Gasteiger partial charge in [-0.25, -0.2) is 9.48 Å². The Hall–Kier alpha value is -4.69. The van der Waals surface area contributed by atoms with E-state index >= 15 is 4.39 Å². The van der Waals surface area contributed by atoms with Crippen LogP contribution in [0.15, 0.2) is 79.1 Å². The fraction of sp³-hybridized carbons (Fsp3) is 0.511. The van der Waals surface area contributed by atoms with Gasteiger partial charge in [0.05, 0.1) is 11.5 Å². The van der Waals surface area contributed by atoms with Crippen molar-refractivity contribution in [1.29, 1.82) is 0 Å². The van der Waals surface area contributed by atoms with Crippen molar-refractivity contribution in [3.05, 3.63) is 95.1 Å². The molecule has 4 aliphatic heterocycles. The molecule has 6 heterocycles. The molecule has 0 radical (unpaired) electrons. The minimum Gasteiger partial charge on any atom is -0.464 e. The van der Waals surface area contributed by atoms with Gasteiger partial charge >= 0.3 is 13.5 Å². The van der Waals surface area contributed by atoms with Crippen molar-refractivity contribution in [3.63, 3.8) is 0 Å². The van der Waals surface area contributed by atoms with Gasteiger partial charge in [-0.15, -0.1) is 11.3 Å². The van der Waals surface area contributed by atoms with Crippen molar-refractivity contribution < 1.29 is 42.1 Å². The van der Waals surface area contributed by atoms with Crippen LogP contribution in [0.3, 0.4) is 0 Å². The number of nitrogens with zero attached hydrogens (tertiary/aromatic N) is 3. The second kappa shape index (κ2) is 18.4. The van der Waals surface area contributed by atoms with Crippen molar-refractivity contribution in [2.75, 3.05) is 26.4 Å². The predicted molar refractivity (Wildman–Crippen MR) is 236 cm³/mol. The van der Waals surface area contributed by atoms with Crippen LogP contribution in [0, 0.1) is 5.92 Å². The molecule has 1 spiro atoms. The molecule has 13 nitrogen and oxygen atoms in total. The SMILES string of the molecule is C[C@H](NP(=O)(Oc1ccccc1)[C@@H](F)c1ccc2sc(C(=O)N[C@H]3CCCC[C@H]4CC[C@@H](C(=O)N5C[C@@H](c6cccnc6)CC56CC6)N4C3=O)cc2c1)C(=O)OCC1CCOCC1. The lowest BCUT2D eigenvalue weighted by Crippen LogP contribution is -2.57. The minimum absolute atomic E-state index is 0.0146. The first-order valence-electron chi connectivity index (χ1n) is 22.4. The van der Waals surface area contributed by atoms with Crippen LogP contribution in [-0.2, 0) is 28.4 Å². The number of pyridine rings is 1. The van der Waals surface area contributed by atoms with Gasteiger partial charge in [0.15, 0.2) is 0 Å². The number of thiophene rings is 1. The highest BCUT2D eigenvalue weighted by molar-refractivity contribution is 7.57. The molecule has 334 valence electrons. The Morgan fingerprint density at radius 1 is 1.00 bits per heavy atom. The monoisotopic (exact) mass is 899 g/mol. The van der Waals surface area contributed by atoms with E-state index in [0.717, 1.165) is 63.4 Å². The molecule has 7 atom stereocenters. The number of hydrogen-bond acceptors (Lipinski definition) is 10. The summed E-state index contributed by atoms with van der Waals surface area (Å²) in [5.74, 6) is -2.99.